The van der Waals surface area contributed by atoms with E-state index < -0.39 is 0 Å². The molecule has 2 aromatic rings. The quantitative estimate of drug-likeness (QED) is 0.872. The van der Waals surface area contributed by atoms with Crippen LogP contribution in [-0.2, 0) is 4.74 Å². The number of aryl methyl sites for hydroxylation is 1. The van der Waals surface area contributed by atoms with Gasteiger partial charge in [-0.1, -0.05) is 0 Å². The molecule has 2 aromatic heterocycles. The van der Waals surface area contributed by atoms with Gasteiger partial charge in [0.2, 0.25) is 0 Å². The zero-order valence-corrected chi connectivity index (χ0v) is 12.7. The first-order chi connectivity index (χ1) is 10.2. The molecule has 0 radical (unpaired) electrons. The minimum atomic E-state index is 0.184. The lowest BCUT2D eigenvalue weighted by molar-refractivity contribution is 0.0635. The largest absolute Gasteiger partial charge is 0.384 e. The SMILES string of the molecule is COCC1(CNc2nccn3nc(C)cc23)CCNCC1. The Balaban J connectivity index is 1.78. The van der Waals surface area contributed by atoms with Crippen molar-refractivity contribution >= 4 is 11.3 Å². The van der Waals surface area contributed by atoms with Crippen molar-refractivity contribution in [2.45, 2.75) is 19.8 Å². The fourth-order valence-corrected chi connectivity index (χ4v) is 3.09. The molecule has 21 heavy (non-hydrogen) atoms. The Morgan fingerprint density at radius 3 is 3.00 bits per heavy atom. The van der Waals surface area contributed by atoms with Gasteiger partial charge in [0.25, 0.3) is 0 Å². The van der Waals surface area contributed by atoms with Crippen LogP contribution in [0.1, 0.15) is 18.5 Å². The summed E-state index contributed by atoms with van der Waals surface area (Å²) in [4.78, 5) is 4.47. The number of nitrogens with zero attached hydrogens (tertiary/aromatic N) is 3. The highest BCUT2D eigenvalue weighted by atomic mass is 16.5. The van der Waals surface area contributed by atoms with E-state index in [0.717, 1.165) is 56.1 Å². The van der Waals surface area contributed by atoms with Crippen LogP contribution in [0.25, 0.3) is 5.52 Å². The topological polar surface area (TPSA) is 63.5 Å². The third-order valence-corrected chi connectivity index (χ3v) is 4.26. The average Bonchev–Trinajstić information content (AvgIpc) is 2.87. The second kappa shape index (κ2) is 5.99. The first-order valence-corrected chi connectivity index (χ1v) is 7.47. The Morgan fingerprint density at radius 2 is 2.24 bits per heavy atom. The van der Waals surface area contributed by atoms with Crippen molar-refractivity contribution in [2.24, 2.45) is 5.41 Å². The molecule has 2 N–H and O–H groups in total. The molecule has 1 saturated heterocycles. The highest BCUT2D eigenvalue weighted by Gasteiger charge is 2.32. The van der Waals surface area contributed by atoms with Gasteiger partial charge in [0.1, 0.15) is 5.52 Å². The highest BCUT2D eigenvalue weighted by molar-refractivity contribution is 5.67. The lowest BCUT2D eigenvalue weighted by Crippen LogP contribution is -2.44. The van der Waals surface area contributed by atoms with Crippen LogP contribution in [0.3, 0.4) is 0 Å². The van der Waals surface area contributed by atoms with Crippen LogP contribution in [0.15, 0.2) is 18.5 Å². The minimum Gasteiger partial charge on any atom is -0.384 e. The van der Waals surface area contributed by atoms with Crippen LogP contribution < -0.4 is 10.6 Å². The highest BCUT2D eigenvalue weighted by Crippen LogP contribution is 2.30. The van der Waals surface area contributed by atoms with Gasteiger partial charge >= 0.3 is 0 Å². The molecule has 0 amide bonds. The maximum absolute atomic E-state index is 5.46. The number of aromatic nitrogens is 3. The monoisotopic (exact) mass is 289 g/mol. The van der Waals surface area contributed by atoms with E-state index in [2.05, 4.69) is 26.8 Å². The summed E-state index contributed by atoms with van der Waals surface area (Å²) < 4.78 is 7.33. The number of methoxy groups -OCH3 is 1. The number of rotatable bonds is 5. The predicted octanol–water partition coefficient (Wildman–Crippen LogP) is 1.47. The molecule has 1 aliphatic rings. The van der Waals surface area contributed by atoms with Gasteiger partial charge in [-0.05, 0) is 38.9 Å². The molecule has 0 atom stereocenters. The van der Waals surface area contributed by atoms with Crippen molar-refractivity contribution < 1.29 is 4.74 Å². The van der Waals surface area contributed by atoms with E-state index >= 15 is 0 Å². The molecular formula is C15H23N5O. The number of hydrogen-bond acceptors (Lipinski definition) is 5. The Morgan fingerprint density at radius 1 is 1.43 bits per heavy atom. The molecule has 1 fully saturated rings. The minimum absolute atomic E-state index is 0.184. The van der Waals surface area contributed by atoms with E-state index in [-0.39, 0.29) is 5.41 Å². The molecule has 0 aliphatic carbocycles. The van der Waals surface area contributed by atoms with Crippen LogP contribution in [-0.4, -0.2) is 47.9 Å². The standard InChI is InChI=1S/C15H23N5O/c1-12-9-13-14(17-7-8-20(13)19-12)18-10-15(11-21-2)3-5-16-6-4-15/h7-9,16H,3-6,10-11H2,1-2H3,(H,17,18). The summed E-state index contributed by atoms with van der Waals surface area (Å²) >= 11 is 0. The van der Waals surface area contributed by atoms with Crippen LogP contribution in [0, 0.1) is 12.3 Å². The molecule has 1 aliphatic heterocycles. The lowest BCUT2D eigenvalue weighted by atomic mass is 9.79. The van der Waals surface area contributed by atoms with Crippen molar-refractivity contribution in [2.75, 3.05) is 38.7 Å². The summed E-state index contributed by atoms with van der Waals surface area (Å²) in [6.45, 7) is 5.75. The van der Waals surface area contributed by atoms with Crippen LogP contribution in [0.4, 0.5) is 5.82 Å². The summed E-state index contributed by atoms with van der Waals surface area (Å²) in [6, 6.07) is 2.06. The summed E-state index contributed by atoms with van der Waals surface area (Å²) in [7, 11) is 1.78. The first-order valence-electron chi connectivity index (χ1n) is 7.47. The van der Waals surface area contributed by atoms with Gasteiger partial charge in [0.15, 0.2) is 5.82 Å². The van der Waals surface area contributed by atoms with Gasteiger partial charge in [0.05, 0.1) is 12.3 Å². The molecule has 0 unspecified atom stereocenters. The van der Waals surface area contributed by atoms with E-state index in [1.807, 2.05) is 17.6 Å². The maximum atomic E-state index is 5.46. The smallest absolute Gasteiger partial charge is 0.152 e. The fraction of sp³-hybridized carbons (Fsp3) is 0.600. The molecule has 0 aromatic carbocycles. The molecule has 6 heteroatoms. The second-order valence-electron chi connectivity index (χ2n) is 5.93. The van der Waals surface area contributed by atoms with Gasteiger partial charge in [-0.2, -0.15) is 5.10 Å². The Kier molecular flexibility index (Phi) is 4.07. The van der Waals surface area contributed by atoms with Crippen molar-refractivity contribution in [1.82, 2.24) is 19.9 Å². The third kappa shape index (κ3) is 3.01. The Labute approximate surface area is 124 Å². The van der Waals surface area contributed by atoms with Crippen molar-refractivity contribution in [3.05, 3.63) is 24.2 Å². The van der Waals surface area contributed by atoms with Gasteiger partial charge in [0, 0.05) is 31.5 Å². The van der Waals surface area contributed by atoms with E-state index in [0.29, 0.717) is 0 Å². The number of hydrogen-bond donors (Lipinski definition) is 2. The molecule has 0 bridgehead atoms. The zero-order chi connectivity index (χ0) is 14.7. The molecule has 3 heterocycles. The predicted molar refractivity (Wildman–Crippen MR) is 82.6 cm³/mol. The lowest BCUT2D eigenvalue weighted by Gasteiger charge is -2.37. The third-order valence-electron chi connectivity index (χ3n) is 4.26. The number of piperidine rings is 1. The van der Waals surface area contributed by atoms with Gasteiger partial charge in [-0.3, -0.25) is 0 Å². The van der Waals surface area contributed by atoms with Crippen LogP contribution in [0.2, 0.25) is 0 Å². The molecule has 114 valence electrons. The molecule has 0 saturated carbocycles. The van der Waals surface area contributed by atoms with E-state index in [1.54, 1.807) is 13.3 Å². The molecular weight excluding hydrogens is 266 g/mol. The van der Waals surface area contributed by atoms with Gasteiger partial charge < -0.3 is 15.4 Å². The number of nitrogens with one attached hydrogen (secondary N) is 2. The zero-order valence-electron chi connectivity index (χ0n) is 12.7. The van der Waals surface area contributed by atoms with Gasteiger partial charge in [-0.15, -0.1) is 0 Å². The van der Waals surface area contributed by atoms with E-state index in [9.17, 15) is 0 Å². The Bertz CT molecular complexity index is 598. The second-order valence-corrected chi connectivity index (χ2v) is 5.93. The van der Waals surface area contributed by atoms with E-state index in [1.165, 1.54) is 0 Å². The molecule has 0 spiro atoms. The fourth-order valence-electron chi connectivity index (χ4n) is 3.09. The first kappa shape index (κ1) is 14.3. The van der Waals surface area contributed by atoms with Crippen molar-refractivity contribution in [3.8, 4) is 0 Å². The van der Waals surface area contributed by atoms with Crippen molar-refractivity contribution in [1.29, 1.82) is 0 Å². The van der Waals surface area contributed by atoms with Crippen LogP contribution >= 0.6 is 0 Å². The number of fused-ring (bicyclic) bond motifs is 1. The van der Waals surface area contributed by atoms with E-state index in [4.69, 9.17) is 4.74 Å². The maximum Gasteiger partial charge on any atom is 0.152 e. The van der Waals surface area contributed by atoms with Crippen LogP contribution in [0.5, 0.6) is 0 Å². The summed E-state index contributed by atoms with van der Waals surface area (Å²) in [5.74, 6) is 0.895. The van der Waals surface area contributed by atoms with Gasteiger partial charge in [-0.25, -0.2) is 9.50 Å². The average molecular weight is 289 g/mol. The molecule has 3 rings (SSSR count). The van der Waals surface area contributed by atoms with Crippen molar-refractivity contribution in [3.63, 3.8) is 0 Å². The number of anilines is 1. The summed E-state index contributed by atoms with van der Waals surface area (Å²) in [5, 5.41) is 11.4. The number of ether oxygens (including phenoxy) is 1. The summed E-state index contributed by atoms with van der Waals surface area (Å²) in [6.07, 6.45) is 5.90. The summed E-state index contributed by atoms with van der Waals surface area (Å²) in [5.41, 5.74) is 2.21. The normalized spacial score (nSPS) is 18.0. The molecule has 6 nitrogen and oxygen atoms in total. The Hall–Kier alpha value is -1.66.